The van der Waals surface area contributed by atoms with Crippen molar-refractivity contribution in [3.05, 3.63) is 24.8 Å². The van der Waals surface area contributed by atoms with Gasteiger partial charge in [0, 0.05) is 6.08 Å². The van der Waals surface area contributed by atoms with Gasteiger partial charge in [-0.05, 0) is 6.08 Å². The number of aliphatic hydroxyl groups is 1. The molecule has 0 bridgehead atoms. The molecular weight excluding hydrogens is 132 g/mol. The first kappa shape index (κ1) is 8.91. The van der Waals surface area contributed by atoms with E-state index in [1.165, 1.54) is 6.08 Å². The summed E-state index contributed by atoms with van der Waals surface area (Å²) in [5.41, 5.74) is 0. The SMILES string of the molecule is C=CC(=O)OCC=CCO. The Morgan fingerprint density at radius 3 is 2.80 bits per heavy atom. The van der Waals surface area contributed by atoms with Gasteiger partial charge in [-0.15, -0.1) is 0 Å². The molecule has 0 spiro atoms. The third-order valence-corrected chi connectivity index (χ3v) is 0.761. The first-order valence-corrected chi connectivity index (χ1v) is 2.86. The Kier molecular flexibility index (Phi) is 5.38. The molecule has 0 aliphatic carbocycles. The molecule has 0 aromatic heterocycles. The summed E-state index contributed by atoms with van der Waals surface area (Å²) in [6.07, 6.45) is 4.14. The van der Waals surface area contributed by atoms with Crippen molar-refractivity contribution < 1.29 is 14.6 Å². The summed E-state index contributed by atoms with van der Waals surface area (Å²) in [6.45, 7) is 3.36. The van der Waals surface area contributed by atoms with Gasteiger partial charge in [0.1, 0.15) is 6.61 Å². The Labute approximate surface area is 59.6 Å². The van der Waals surface area contributed by atoms with Gasteiger partial charge in [0.05, 0.1) is 6.61 Å². The molecule has 0 aromatic carbocycles. The normalized spacial score (nSPS) is 9.70. The van der Waals surface area contributed by atoms with Crippen molar-refractivity contribution in [3.63, 3.8) is 0 Å². The molecular formula is C7H10O3. The number of aliphatic hydroxyl groups excluding tert-OH is 1. The largest absolute Gasteiger partial charge is 0.458 e. The minimum Gasteiger partial charge on any atom is -0.458 e. The maximum Gasteiger partial charge on any atom is 0.330 e. The van der Waals surface area contributed by atoms with E-state index in [4.69, 9.17) is 5.11 Å². The third-order valence-electron chi connectivity index (χ3n) is 0.761. The molecule has 0 unspecified atom stereocenters. The van der Waals surface area contributed by atoms with Crippen LogP contribution in [0.15, 0.2) is 24.8 Å². The molecule has 0 amide bonds. The predicted molar refractivity (Wildman–Crippen MR) is 37.4 cm³/mol. The molecule has 1 N–H and O–H groups in total. The van der Waals surface area contributed by atoms with Gasteiger partial charge in [-0.3, -0.25) is 0 Å². The van der Waals surface area contributed by atoms with Crippen molar-refractivity contribution in [1.29, 1.82) is 0 Å². The fourth-order valence-corrected chi connectivity index (χ4v) is 0.332. The molecule has 0 fully saturated rings. The van der Waals surface area contributed by atoms with Crippen LogP contribution in [0.4, 0.5) is 0 Å². The van der Waals surface area contributed by atoms with E-state index in [9.17, 15) is 4.79 Å². The molecule has 3 nitrogen and oxygen atoms in total. The van der Waals surface area contributed by atoms with E-state index >= 15 is 0 Å². The Balaban J connectivity index is 3.27. The summed E-state index contributed by atoms with van der Waals surface area (Å²) >= 11 is 0. The van der Waals surface area contributed by atoms with Crippen molar-refractivity contribution in [2.75, 3.05) is 13.2 Å². The summed E-state index contributed by atoms with van der Waals surface area (Å²) in [5.74, 6) is -0.456. The fraction of sp³-hybridized carbons (Fsp3) is 0.286. The van der Waals surface area contributed by atoms with Crippen LogP contribution in [0.2, 0.25) is 0 Å². The van der Waals surface area contributed by atoms with Crippen LogP contribution in [-0.2, 0) is 9.53 Å². The first-order chi connectivity index (χ1) is 4.81. The minimum absolute atomic E-state index is 0.0361. The minimum atomic E-state index is -0.456. The average Bonchev–Trinajstić information content (AvgIpc) is 1.98. The van der Waals surface area contributed by atoms with Crippen LogP contribution in [0, 0.1) is 0 Å². The Morgan fingerprint density at radius 1 is 1.60 bits per heavy atom. The van der Waals surface area contributed by atoms with E-state index in [1.807, 2.05) is 0 Å². The molecule has 0 saturated heterocycles. The molecule has 0 heterocycles. The second-order valence-electron chi connectivity index (χ2n) is 1.49. The Morgan fingerprint density at radius 2 is 2.30 bits per heavy atom. The summed E-state index contributed by atoms with van der Waals surface area (Å²) < 4.78 is 4.54. The smallest absolute Gasteiger partial charge is 0.330 e. The van der Waals surface area contributed by atoms with Gasteiger partial charge in [-0.1, -0.05) is 12.7 Å². The lowest BCUT2D eigenvalue weighted by Crippen LogP contribution is -1.99. The van der Waals surface area contributed by atoms with Gasteiger partial charge in [0.2, 0.25) is 0 Å². The van der Waals surface area contributed by atoms with Gasteiger partial charge in [-0.25, -0.2) is 4.79 Å². The lowest BCUT2D eigenvalue weighted by molar-refractivity contribution is -0.136. The first-order valence-electron chi connectivity index (χ1n) is 2.86. The number of hydrogen-bond donors (Lipinski definition) is 1. The average molecular weight is 142 g/mol. The summed E-state index contributed by atoms with van der Waals surface area (Å²) in [5, 5.41) is 8.24. The number of carbonyl (C=O) groups excluding carboxylic acids is 1. The quantitative estimate of drug-likeness (QED) is 0.348. The van der Waals surface area contributed by atoms with Crippen molar-refractivity contribution in [1.82, 2.24) is 0 Å². The zero-order valence-electron chi connectivity index (χ0n) is 5.62. The fourth-order valence-electron chi connectivity index (χ4n) is 0.332. The van der Waals surface area contributed by atoms with Crippen LogP contribution in [0.1, 0.15) is 0 Å². The van der Waals surface area contributed by atoms with Crippen molar-refractivity contribution in [2.45, 2.75) is 0 Å². The van der Waals surface area contributed by atoms with E-state index in [2.05, 4.69) is 11.3 Å². The van der Waals surface area contributed by atoms with Gasteiger partial charge >= 0.3 is 5.97 Å². The summed E-state index contributed by atoms with van der Waals surface area (Å²) in [7, 11) is 0. The molecule has 0 aliphatic rings. The molecule has 0 saturated carbocycles. The molecule has 0 aliphatic heterocycles. The molecule has 56 valence electrons. The maximum absolute atomic E-state index is 10.3. The zero-order chi connectivity index (χ0) is 7.82. The highest BCUT2D eigenvalue weighted by Crippen LogP contribution is 1.79. The van der Waals surface area contributed by atoms with Gasteiger partial charge in [-0.2, -0.15) is 0 Å². The van der Waals surface area contributed by atoms with Gasteiger partial charge < -0.3 is 9.84 Å². The second-order valence-corrected chi connectivity index (χ2v) is 1.49. The lowest BCUT2D eigenvalue weighted by Gasteiger charge is -1.93. The molecule has 0 atom stereocenters. The molecule has 0 radical (unpaired) electrons. The monoisotopic (exact) mass is 142 g/mol. The lowest BCUT2D eigenvalue weighted by atomic mass is 10.5. The van der Waals surface area contributed by atoms with Gasteiger partial charge in [0.25, 0.3) is 0 Å². The van der Waals surface area contributed by atoms with Crippen molar-refractivity contribution >= 4 is 5.97 Å². The molecule has 0 aromatic rings. The molecule has 0 rings (SSSR count). The highest BCUT2D eigenvalue weighted by atomic mass is 16.5. The van der Waals surface area contributed by atoms with Crippen LogP contribution in [0.25, 0.3) is 0 Å². The van der Waals surface area contributed by atoms with E-state index in [0.717, 1.165) is 6.08 Å². The number of rotatable bonds is 4. The third kappa shape index (κ3) is 5.05. The van der Waals surface area contributed by atoms with E-state index in [-0.39, 0.29) is 13.2 Å². The highest BCUT2D eigenvalue weighted by molar-refractivity contribution is 5.81. The summed E-state index contributed by atoms with van der Waals surface area (Å²) in [6, 6.07) is 0. The van der Waals surface area contributed by atoms with Gasteiger partial charge in [0.15, 0.2) is 0 Å². The predicted octanol–water partition coefficient (Wildman–Crippen LogP) is 0.264. The number of hydrogen-bond acceptors (Lipinski definition) is 3. The van der Waals surface area contributed by atoms with Crippen molar-refractivity contribution in [3.8, 4) is 0 Å². The maximum atomic E-state index is 10.3. The number of ether oxygens (including phenoxy) is 1. The zero-order valence-corrected chi connectivity index (χ0v) is 5.62. The van der Waals surface area contributed by atoms with E-state index in [0.29, 0.717) is 0 Å². The van der Waals surface area contributed by atoms with Crippen LogP contribution >= 0.6 is 0 Å². The highest BCUT2D eigenvalue weighted by Gasteiger charge is 1.88. The van der Waals surface area contributed by atoms with Crippen LogP contribution in [-0.4, -0.2) is 24.3 Å². The van der Waals surface area contributed by atoms with E-state index < -0.39 is 5.97 Å². The standard InChI is InChI=1S/C7H10O3/c1-2-7(9)10-6-4-3-5-8/h2-4,8H,1,5-6H2. The number of esters is 1. The number of carbonyl (C=O) groups is 1. The molecule has 10 heavy (non-hydrogen) atoms. The van der Waals surface area contributed by atoms with Crippen LogP contribution < -0.4 is 0 Å². The topological polar surface area (TPSA) is 46.5 Å². The van der Waals surface area contributed by atoms with E-state index in [1.54, 1.807) is 6.08 Å². The van der Waals surface area contributed by atoms with Crippen molar-refractivity contribution in [2.24, 2.45) is 0 Å². The Bertz CT molecular complexity index is 138. The summed E-state index contributed by atoms with van der Waals surface area (Å²) in [4.78, 5) is 10.3. The van der Waals surface area contributed by atoms with Crippen LogP contribution in [0.5, 0.6) is 0 Å². The Hall–Kier alpha value is -1.09. The molecule has 3 heteroatoms. The van der Waals surface area contributed by atoms with Crippen LogP contribution in [0.3, 0.4) is 0 Å². The second kappa shape index (κ2) is 6.04.